The molecule has 1 aromatic carbocycles. The van der Waals surface area contributed by atoms with Crippen LogP contribution in [0.4, 0.5) is 14.5 Å². The van der Waals surface area contributed by atoms with Gasteiger partial charge in [-0.2, -0.15) is 4.98 Å². The summed E-state index contributed by atoms with van der Waals surface area (Å²) in [7, 11) is 0. The van der Waals surface area contributed by atoms with E-state index in [1.165, 1.54) is 41.5 Å². The van der Waals surface area contributed by atoms with E-state index in [0.717, 1.165) is 18.2 Å². The molecule has 1 amide bonds. The molecule has 0 saturated carbocycles. The molecule has 4 rings (SSSR count). The lowest BCUT2D eigenvalue weighted by atomic mass is 10.1. The van der Waals surface area contributed by atoms with Gasteiger partial charge < -0.3 is 14.4 Å². The van der Waals surface area contributed by atoms with Crippen LogP contribution in [0.3, 0.4) is 0 Å². The molecule has 0 fully saturated rings. The molecule has 0 aliphatic heterocycles. The average Bonchev–Trinajstić information content (AvgIpc) is 3.29. The van der Waals surface area contributed by atoms with Gasteiger partial charge in [0.15, 0.2) is 0 Å². The maximum atomic E-state index is 13.9. The number of benzene rings is 1. The average molecular weight is 438 g/mol. The van der Waals surface area contributed by atoms with Gasteiger partial charge in [0, 0.05) is 30.7 Å². The number of rotatable bonds is 6. The van der Waals surface area contributed by atoms with Crippen LogP contribution in [0.1, 0.15) is 19.4 Å². The van der Waals surface area contributed by atoms with Crippen LogP contribution in [-0.2, 0) is 4.79 Å². The van der Waals surface area contributed by atoms with E-state index < -0.39 is 29.1 Å². The molecule has 4 aromatic rings. The molecule has 0 spiro atoms. The fraction of sp³-hybridized carbons (Fsp3) is 0.143. The Morgan fingerprint density at radius 1 is 1.22 bits per heavy atom. The highest BCUT2D eigenvalue weighted by Crippen LogP contribution is 2.22. The van der Waals surface area contributed by atoms with E-state index in [-0.39, 0.29) is 23.8 Å². The Morgan fingerprint density at radius 3 is 2.81 bits per heavy atom. The summed E-state index contributed by atoms with van der Waals surface area (Å²) < 4.78 is 33.8. The number of carbonyl (C=O) groups excluding carboxylic acids is 1. The van der Waals surface area contributed by atoms with Crippen molar-refractivity contribution < 1.29 is 18.1 Å². The van der Waals surface area contributed by atoms with Crippen molar-refractivity contribution in [1.29, 1.82) is 0 Å². The lowest BCUT2D eigenvalue weighted by molar-refractivity contribution is -0.119. The molecular weight excluding hydrogens is 422 g/mol. The van der Waals surface area contributed by atoms with Crippen LogP contribution < -0.4 is 10.9 Å². The molecule has 0 aliphatic carbocycles. The molecule has 9 nitrogen and oxygen atoms in total. The van der Waals surface area contributed by atoms with Gasteiger partial charge in [-0.15, -0.1) is 0 Å². The van der Waals surface area contributed by atoms with Crippen LogP contribution in [0.25, 0.3) is 23.0 Å². The fourth-order valence-electron chi connectivity index (χ4n) is 3.05. The van der Waals surface area contributed by atoms with Crippen LogP contribution in [0, 0.1) is 11.6 Å². The minimum Gasteiger partial charge on any atom is -0.333 e. The van der Waals surface area contributed by atoms with Crippen molar-refractivity contribution in [3.8, 4) is 23.0 Å². The summed E-state index contributed by atoms with van der Waals surface area (Å²) >= 11 is 0. The highest BCUT2D eigenvalue weighted by Gasteiger charge is 2.22. The van der Waals surface area contributed by atoms with E-state index in [0.29, 0.717) is 11.3 Å². The first-order valence-corrected chi connectivity index (χ1v) is 9.55. The van der Waals surface area contributed by atoms with Gasteiger partial charge >= 0.3 is 0 Å². The van der Waals surface area contributed by atoms with Gasteiger partial charge in [0.1, 0.15) is 23.4 Å². The molecule has 11 heteroatoms. The van der Waals surface area contributed by atoms with Crippen LogP contribution >= 0.6 is 0 Å². The van der Waals surface area contributed by atoms with E-state index in [1.807, 2.05) is 0 Å². The van der Waals surface area contributed by atoms with Gasteiger partial charge in [-0.05, 0) is 24.6 Å². The number of aromatic nitrogens is 5. The Balaban J connectivity index is 1.64. The second kappa shape index (κ2) is 8.84. The first-order valence-electron chi connectivity index (χ1n) is 9.55. The van der Waals surface area contributed by atoms with Crippen molar-refractivity contribution in [1.82, 2.24) is 24.7 Å². The predicted molar refractivity (Wildman–Crippen MR) is 109 cm³/mol. The molecule has 1 atom stereocenters. The second-order valence-electron chi connectivity index (χ2n) is 6.71. The highest BCUT2D eigenvalue weighted by molar-refractivity contribution is 5.93. The Bertz CT molecular complexity index is 1320. The van der Waals surface area contributed by atoms with Gasteiger partial charge in [0.25, 0.3) is 11.4 Å². The van der Waals surface area contributed by atoms with E-state index in [1.54, 1.807) is 6.92 Å². The summed E-state index contributed by atoms with van der Waals surface area (Å²) in [6.07, 6.45) is 6.06. The monoisotopic (exact) mass is 438 g/mol. The zero-order valence-corrected chi connectivity index (χ0v) is 16.7. The summed E-state index contributed by atoms with van der Waals surface area (Å²) in [5.74, 6) is -1.87. The number of amides is 1. The Kier molecular flexibility index (Phi) is 5.79. The molecule has 3 heterocycles. The van der Waals surface area contributed by atoms with Gasteiger partial charge in [-0.1, -0.05) is 12.1 Å². The van der Waals surface area contributed by atoms with E-state index in [9.17, 15) is 18.4 Å². The summed E-state index contributed by atoms with van der Waals surface area (Å²) in [5.41, 5.74) is 0.00137. The number of anilines is 1. The van der Waals surface area contributed by atoms with Gasteiger partial charge in [0.2, 0.25) is 11.7 Å². The molecule has 0 unspecified atom stereocenters. The smallest absolute Gasteiger partial charge is 0.259 e. The number of hydrogen-bond acceptors (Lipinski definition) is 7. The third-order valence-corrected chi connectivity index (χ3v) is 4.61. The lowest BCUT2D eigenvalue weighted by Gasteiger charge is -2.18. The van der Waals surface area contributed by atoms with E-state index >= 15 is 0 Å². The van der Waals surface area contributed by atoms with Crippen molar-refractivity contribution in [3.63, 3.8) is 0 Å². The third kappa shape index (κ3) is 4.26. The van der Waals surface area contributed by atoms with E-state index in [4.69, 9.17) is 4.52 Å². The van der Waals surface area contributed by atoms with Crippen LogP contribution in [-0.4, -0.2) is 30.6 Å². The first kappa shape index (κ1) is 21.0. The summed E-state index contributed by atoms with van der Waals surface area (Å²) in [5, 5.41) is 6.19. The maximum absolute atomic E-state index is 13.9. The fourth-order valence-corrected chi connectivity index (χ4v) is 3.05. The second-order valence-corrected chi connectivity index (χ2v) is 6.71. The number of pyridine rings is 1. The lowest BCUT2D eigenvalue weighted by Crippen LogP contribution is -2.32. The third-order valence-electron chi connectivity index (χ3n) is 4.61. The predicted octanol–water partition coefficient (Wildman–Crippen LogP) is 3.22. The summed E-state index contributed by atoms with van der Waals surface area (Å²) in [6, 6.07) is 4.45. The maximum Gasteiger partial charge on any atom is 0.259 e. The normalized spacial score (nSPS) is 11.8. The van der Waals surface area contributed by atoms with Crippen molar-refractivity contribution in [2.75, 3.05) is 5.32 Å². The largest absolute Gasteiger partial charge is 0.333 e. The molecule has 162 valence electrons. The quantitative estimate of drug-likeness (QED) is 0.491. The van der Waals surface area contributed by atoms with Crippen molar-refractivity contribution >= 4 is 11.6 Å². The van der Waals surface area contributed by atoms with Crippen molar-refractivity contribution in [2.45, 2.75) is 19.4 Å². The molecular formula is C21H16F2N6O3. The first-order chi connectivity index (χ1) is 15.5. The molecule has 32 heavy (non-hydrogen) atoms. The molecule has 0 aliphatic rings. The van der Waals surface area contributed by atoms with E-state index in [2.05, 4.69) is 25.4 Å². The summed E-state index contributed by atoms with van der Waals surface area (Å²) in [4.78, 5) is 37.5. The van der Waals surface area contributed by atoms with Gasteiger partial charge in [-0.3, -0.25) is 14.6 Å². The molecule has 3 aromatic heterocycles. The van der Waals surface area contributed by atoms with Crippen LogP contribution in [0.2, 0.25) is 0 Å². The number of nitrogens with zero attached hydrogens (tertiary/aromatic N) is 5. The molecule has 0 radical (unpaired) electrons. The Morgan fingerprint density at radius 2 is 2.06 bits per heavy atom. The van der Waals surface area contributed by atoms with Gasteiger partial charge in [0.05, 0.1) is 17.4 Å². The number of nitrogens with one attached hydrogen (secondary N) is 1. The number of hydrogen-bond donors (Lipinski definition) is 1. The SMILES string of the molecule is CC[C@H](C(=O)Nc1cc(F)ccc1F)n1cc(-c2nc(-c3cnccn3)no2)ccc1=O. The zero-order chi connectivity index (χ0) is 22.7. The standard InChI is InChI=1S/C21H16F2N6O3/c1-2-17(20(31)26-15-9-13(22)4-5-14(15)23)29-11-12(3-6-18(29)30)21-27-19(28-32-21)16-10-24-7-8-25-16/h3-11,17H,2H2,1H3,(H,26,31)/t17-/m1/s1. The summed E-state index contributed by atoms with van der Waals surface area (Å²) in [6.45, 7) is 1.68. The van der Waals surface area contributed by atoms with Crippen molar-refractivity contribution in [3.05, 3.63) is 77.1 Å². The van der Waals surface area contributed by atoms with Crippen LogP contribution in [0.5, 0.6) is 0 Å². The zero-order valence-electron chi connectivity index (χ0n) is 16.7. The van der Waals surface area contributed by atoms with Crippen molar-refractivity contribution in [2.24, 2.45) is 0 Å². The van der Waals surface area contributed by atoms with Crippen LogP contribution in [0.15, 0.2) is 64.4 Å². The topological polar surface area (TPSA) is 116 Å². The number of carbonyl (C=O) groups is 1. The molecule has 0 saturated heterocycles. The Hall–Kier alpha value is -4.28. The number of halogens is 2. The highest BCUT2D eigenvalue weighted by atomic mass is 19.1. The van der Waals surface area contributed by atoms with Gasteiger partial charge in [-0.25, -0.2) is 13.8 Å². The molecule has 0 bridgehead atoms. The Labute approximate surface area is 179 Å². The minimum absolute atomic E-state index is 0.103. The minimum atomic E-state index is -0.993. The molecule has 1 N–H and O–H groups in total.